The van der Waals surface area contributed by atoms with Crippen LogP contribution in [0.3, 0.4) is 0 Å². The lowest BCUT2D eigenvalue weighted by Crippen LogP contribution is -2.30. The quantitative estimate of drug-likeness (QED) is 0.0222. The molecule has 0 amide bonds. The standard InChI is InChI=1S/C63H122O17P2/c1-9-56(8)42-34-26-20-22-28-36-44-61(66)74-50-58(79-62(67)45-37-29-17-13-11-10-12-15-23-31-39-53(2)3)51-77-81(69,70)75-47-57(64)48-76-82(71,72)78-52-59(49-73-60(65)43-35-27-21-19-25-33-41-55(6)7)80-63(68)46-38-30-18-14-16-24-32-40-54(4)5/h53-59,64H,9-52H2,1-8H3,(H,69,70)(H,71,72)/t56?,57-,58+,59+/m0/s1. The summed E-state index contributed by atoms with van der Waals surface area (Å²) in [5.41, 5.74) is 0. The first-order chi connectivity index (χ1) is 39.1. The molecule has 82 heavy (non-hydrogen) atoms. The van der Waals surface area contributed by atoms with Crippen LogP contribution in [0.5, 0.6) is 0 Å². The lowest BCUT2D eigenvalue weighted by atomic mass is 10.00. The average molecular weight is 1210 g/mol. The van der Waals surface area contributed by atoms with Gasteiger partial charge >= 0.3 is 39.5 Å². The van der Waals surface area contributed by atoms with Crippen LogP contribution in [0.25, 0.3) is 0 Å². The minimum atomic E-state index is -4.94. The van der Waals surface area contributed by atoms with Gasteiger partial charge in [-0.2, -0.15) is 0 Å². The molecule has 0 rings (SSSR count). The van der Waals surface area contributed by atoms with Gasteiger partial charge in [-0.05, 0) is 49.4 Å². The smallest absolute Gasteiger partial charge is 0.462 e. The molecular weight excluding hydrogens is 1090 g/mol. The van der Waals surface area contributed by atoms with E-state index in [1.54, 1.807) is 0 Å². The van der Waals surface area contributed by atoms with Crippen LogP contribution >= 0.6 is 15.6 Å². The van der Waals surface area contributed by atoms with Crippen molar-refractivity contribution in [1.29, 1.82) is 0 Å². The topological polar surface area (TPSA) is 237 Å². The SMILES string of the molecule is CCC(C)CCCCCCCCC(=O)OC[C@H](COP(=O)(O)OC[C@H](O)COP(=O)(O)OC[C@@H](COC(=O)CCCCCCCCC(C)C)OC(=O)CCCCCCCCCC(C)C)OC(=O)CCCCCCCCCCCCC(C)C. The monoisotopic (exact) mass is 1210 g/mol. The molecule has 0 bridgehead atoms. The second-order valence-corrected chi connectivity index (χ2v) is 27.4. The van der Waals surface area contributed by atoms with Crippen molar-refractivity contribution in [2.75, 3.05) is 39.6 Å². The summed E-state index contributed by atoms with van der Waals surface area (Å²) in [6.45, 7) is 13.9. The number of aliphatic hydroxyl groups excluding tert-OH is 1. The summed E-state index contributed by atoms with van der Waals surface area (Å²) < 4.78 is 67.9. The van der Waals surface area contributed by atoms with E-state index in [-0.39, 0.29) is 25.7 Å². The molecule has 0 radical (unpaired) electrons. The van der Waals surface area contributed by atoms with Crippen molar-refractivity contribution in [3.63, 3.8) is 0 Å². The maximum absolute atomic E-state index is 13.0. The molecule has 0 aromatic heterocycles. The number of aliphatic hydroxyl groups is 1. The van der Waals surface area contributed by atoms with Gasteiger partial charge in [0.2, 0.25) is 0 Å². The third-order valence-electron chi connectivity index (χ3n) is 14.7. The van der Waals surface area contributed by atoms with Crippen molar-refractivity contribution in [3.8, 4) is 0 Å². The number of phosphoric acid groups is 2. The predicted octanol–water partition coefficient (Wildman–Crippen LogP) is 17.0. The molecule has 0 heterocycles. The predicted molar refractivity (Wildman–Crippen MR) is 326 cm³/mol. The Morgan fingerprint density at radius 2 is 0.585 bits per heavy atom. The van der Waals surface area contributed by atoms with Crippen LogP contribution in [-0.4, -0.2) is 96.7 Å². The van der Waals surface area contributed by atoms with E-state index in [0.717, 1.165) is 115 Å². The fourth-order valence-electron chi connectivity index (χ4n) is 9.22. The first-order valence-electron chi connectivity index (χ1n) is 32.7. The van der Waals surface area contributed by atoms with Crippen LogP contribution in [0.2, 0.25) is 0 Å². The second kappa shape index (κ2) is 53.3. The largest absolute Gasteiger partial charge is 0.472 e. The first kappa shape index (κ1) is 80.1. The maximum Gasteiger partial charge on any atom is 0.472 e. The highest BCUT2D eigenvalue weighted by molar-refractivity contribution is 7.47. The van der Waals surface area contributed by atoms with Crippen molar-refractivity contribution < 1.29 is 80.2 Å². The number of hydrogen-bond acceptors (Lipinski definition) is 15. The van der Waals surface area contributed by atoms with Crippen LogP contribution in [0.15, 0.2) is 0 Å². The van der Waals surface area contributed by atoms with Gasteiger partial charge in [-0.25, -0.2) is 9.13 Å². The summed E-state index contributed by atoms with van der Waals surface area (Å²) in [5.74, 6) is 0.714. The van der Waals surface area contributed by atoms with Crippen LogP contribution < -0.4 is 0 Å². The zero-order chi connectivity index (χ0) is 61.1. The van der Waals surface area contributed by atoms with E-state index in [1.165, 1.54) is 89.9 Å². The summed E-state index contributed by atoms with van der Waals surface area (Å²) in [6.07, 6.45) is 32.4. The van der Waals surface area contributed by atoms with Gasteiger partial charge < -0.3 is 33.8 Å². The van der Waals surface area contributed by atoms with E-state index in [9.17, 15) is 43.2 Å². The van der Waals surface area contributed by atoms with Gasteiger partial charge in [0.05, 0.1) is 26.4 Å². The number of unbranched alkanes of at least 4 members (excludes halogenated alkanes) is 25. The number of ether oxygens (including phenoxy) is 4. The minimum absolute atomic E-state index is 0.102. The number of phosphoric ester groups is 2. The second-order valence-electron chi connectivity index (χ2n) is 24.5. The van der Waals surface area contributed by atoms with E-state index in [1.807, 2.05) is 0 Å². The summed E-state index contributed by atoms with van der Waals surface area (Å²) in [5, 5.41) is 10.5. The van der Waals surface area contributed by atoms with Crippen molar-refractivity contribution in [3.05, 3.63) is 0 Å². The molecule has 19 heteroatoms. The molecule has 3 N–H and O–H groups in total. The summed E-state index contributed by atoms with van der Waals surface area (Å²) in [6, 6.07) is 0. The number of carbonyl (C=O) groups excluding carboxylic acids is 4. The Hall–Kier alpha value is -1.94. The third kappa shape index (κ3) is 55.9. The maximum atomic E-state index is 13.0. The van der Waals surface area contributed by atoms with Crippen molar-refractivity contribution in [1.82, 2.24) is 0 Å². The van der Waals surface area contributed by atoms with Crippen LogP contribution in [0, 0.1) is 23.7 Å². The first-order valence-corrected chi connectivity index (χ1v) is 35.7. The Morgan fingerprint density at radius 3 is 0.866 bits per heavy atom. The highest BCUT2D eigenvalue weighted by Gasteiger charge is 2.30. The highest BCUT2D eigenvalue weighted by Crippen LogP contribution is 2.45. The molecule has 0 saturated heterocycles. The van der Waals surface area contributed by atoms with Crippen molar-refractivity contribution >= 4 is 39.5 Å². The molecule has 0 aliphatic carbocycles. The Bertz CT molecular complexity index is 1650. The van der Waals surface area contributed by atoms with Gasteiger partial charge in [-0.3, -0.25) is 37.3 Å². The molecular formula is C63H122O17P2. The van der Waals surface area contributed by atoms with Gasteiger partial charge in [-0.15, -0.1) is 0 Å². The molecule has 0 aromatic rings. The molecule has 3 unspecified atom stereocenters. The van der Waals surface area contributed by atoms with Crippen molar-refractivity contribution in [2.45, 2.75) is 318 Å². The molecule has 0 aromatic carbocycles. The fraction of sp³-hybridized carbons (Fsp3) is 0.937. The van der Waals surface area contributed by atoms with Crippen LogP contribution in [-0.2, 0) is 65.4 Å². The van der Waals surface area contributed by atoms with Crippen LogP contribution in [0.4, 0.5) is 0 Å². The Balaban J connectivity index is 5.25. The zero-order valence-electron chi connectivity index (χ0n) is 53.1. The third-order valence-corrected chi connectivity index (χ3v) is 16.6. The van der Waals surface area contributed by atoms with Crippen LogP contribution in [0.1, 0.15) is 299 Å². The number of hydrogen-bond donors (Lipinski definition) is 3. The molecule has 17 nitrogen and oxygen atoms in total. The average Bonchev–Trinajstić information content (AvgIpc) is 3.44. The number of carbonyl (C=O) groups is 4. The lowest BCUT2D eigenvalue weighted by Gasteiger charge is -2.21. The molecule has 486 valence electrons. The van der Waals surface area contributed by atoms with Gasteiger partial charge in [0.1, 0.15) is 19.3 Å². The van der Waals surface area contributed by atoms with Gasteiger partial charge in [0.15, 0.2) is 12.2 Å². The van der Waals surface area contributed by atoms with E-state index in [0.29, 0.717) is 37.5 Å². The highest BCUT2D eigenvalue weighted by atomic mass is 31.2. The summed E-state index contributed by atoms with van der Waals surface area (Å²) in [7, 11) is -9.89. The molecule has 0 saturated carbocycles. The van der Waals surface area contributed by atoms with E-state index in [2.05, 4.69) is 55.4 Å². The number of esters is 4. The lowest BCUT2D eigenvalue weighted by molar-refractivity contribution is -0.161. The van der Waals surface area contributed by atoms with E-state index >= 15 is 0 Å². The van der Waals surface area contributed by atoms with Crippen molar-refractivity contribution in [2.24, 2.45) is 23.7 Å². The molecule has 0 aliphatic heterocycles. The molecule has 0 spiro atoms. The Labute approximate surface area is 498 Å². The normalized spacial score (nSPS) is 14.8. The van der Waals surface area contributed by atoms with Gasteiger partial charge in [0, 0.05) is 25.7 Å². The molecule has 0 fully saturated rings. The number of rotatable bonds is 60. The summed E-state index contributed by atoms with van der Waals surface area (Å²) >= 11 is 0. The fourth-order valence-corrected chi connectivity index (χ4v) is 10.8. The summed E-state index contributed by atoms with van der Waals surface area (Å²) in [4.78, 5) is 72.1. The van der Waals surface area contributed by atoms with Gasteiger partial charge in [-0.1, -0.05) is 248 Å². The van der Waals surface area contributed by atoms with E-state index < -0.39 is 97.5 Å². The van der Waals surface area contributed by atoms with Gasteiger partial charge in [0.25, 0.3) is 0 Å². The Kier molecular flexibility index (Phi) is 52.0. The zero-order valence-corrected chi connectivity index (χ0v) is 54.9. The van der Waals surface area contributed by atoms with E-state index in [4.69, 9.17) is 37.0 Å². The molecule has 6 atom stereocenters. The molecule has 0 aliphatic rings. The Morgan fingerprint density at radius 1 is 0.341 bits per heavy atom. The minimum Gasteiger partial charge on any atom is -0.462 e.